The normalized spacial score (nSPS) is 10.2. The molecule has 0 aliphatic heterocycles. The van der Waals surface area contributed by atoms with Gasteiger partial charge in [0.2, 0.25) is 0 Å². The zero-order valence-electron chi connectivity index (χ0n) is 7.40. The van der Waals surface area contributed by atoms with Gasteiger partial charge in [-0.2, -0.15) is 0 Å². The van der Waals surface area contributed by atoms with Gasteiger partial charge in [-0.15, -0.1) is 11.6 Å². The third-order valence-electron chi connectivity index (χ3n) is 1.84. The average molecular weight is 387 g/mol. The topological polar surface area (TPSA) is 17.1 Å². The molecule has 0 aromatic heterocycles. The largest absolute Gasteiger partial charge is 0.294 e. The van der Waals surface area contributed by atoms with Crippen LogP contribution in [-0.2, 0) is 5.88 Å². The van der Waals surface area contributed by atoms with E-state index in [1.54, 1.807) is 0 Å². The van der Waals surface area contributed by atoms with E-state index in [2.05, 4.69) is 38.5 Å². The van der Waals surface area contributed by atoms with Gasteiger partial charge < -0.3 is 0 Å². The minimum absolute atomic E-state index is 0.168. The molecule has 0 unspecified atom stereocenters. The van der Waals surface area contributed by atoms with Crippen LogP contribution in [0.1, 0.15) is 22.3 Å². The molecule has 14 heavy (non-hydrogen) atoms. The molecule has 1 rings (SSSR count). The number of halogens is 3. The predicted octanol–water partition coefficient (Wildman–Crippen LogP) is 4.00. The van der Waals surface area contributed by atoms with Crippen molar-refractivity contribution >= 4 is 55.9 Å². The Bertz CT molecular complexity index is 341. The number of carbonyl (C=O) groups excluding carboxylic acids is 1. The van der Waals surface area contributed by atoms with E-state index in [0.29, 0.717) is 17.6 Å². The molecule has 1 aromatic carbocycles. The van der Waals surface area contributed by atoms with Gasteiger partial charge in [-0.3, -0.25) is 4.79 Å². The fourth-order valence-corrected chi connectivity index (χ4v) is 2.58. The summed E-state index contributed by atoms with van der Waals surface area (Å²) in [5, 5.41) is 0.708. The first-order valence-corrected chi connectivity index (χ1v) is 6.86. The molecule has 0 aliphatic carbocycles. The lowest BCUT2D eigenvalue weighted by molar-refractivity contribution is 0.0990. The lowest BCUT2D eigenvalue weighted by atomic mass is 10.1. The van der Waals surface area contributed by atoms with Crippen molar-refractivity contribution in [3.05, 3.63) is 32.9 Å². The zero-order valence-corrected chi connectivity index (χ0v) is 11.9. The molecule has 0 bridgehead atoms. The van der Waals surface area contributed by atoms with Gasteiger partial charge in [0.1, 0.15) is 0 Å². The predicted molar refractivity (Wildman–Crippen MR) is 71.5 cm³/mol. The Kier molecular flexibility index (Phi) is 5.41. The van der Waals surface area contributed by atoms with Gasteiger partial charge in [0.25, 0.3) is 0 Å². The van der Waals surface area contributed by atoms with E-state index >= 15 is 0 Å². The highest BCUT2D eigenvalue weighted by molar-refractivity contribution is 14.1. The molecule has 1 aromatic rings. The van der Waals surface area contributed by atoms with Gasteiger partial charge >= 0.3 is 0 Å². The molecule has 0 atom stereocenters. The Morgan fingerprint density at radius 2 is 2.21 bits per heavy atom. The fraction of sp³-hybridized carbons (Fsp3) is 0.300. The summed E-state index contributed by atoms with van der Waals surface area (Å²) in [5.74, 6) is 0.659. The van der Waals surface area contributed by atoms with Crippen molar-refractivity contribution in [2.24, 2.45) is 0 Å². The number of rotatable bonds is 4. The molecule has 0 amide bonds. The van der Waals surface area contributed by atoms with E-state index in [1.165, 1.54) is 0 Å². The Morgan fingerprint density at radius 3 is 2.71 bits per heavy atom. The maximum atomic E-state index is 11.5. The van der Waals surface area contributed by atoms with Crippen molar-refractivity contribution in [3.8, 4) is 0 Å². The van der Waals surface area contributed by atoms with Crippen molar-refractivity contribution in [3.63, 3.8) is 0 Å². The Balaban J connectivity index is 2.91. The molecule has 0 aliphatic rings. The van der Waals surface area contributed by atoms with Crippen molar-refractivity contribution in [2.75, 3.05) is 5.33 Å². The van der Waals surface area contributed by atoms with Crippen LogP contribution >= 0.6 is 50.1 Å². The second-order valence-electron chi connectivity index (χ2n) is 2.80. The van der Waals surface area contributed by atoms with Gasteiger partial charge in [-0.25, -0.2) is 0 Å². The summed E-state index contributed by atoms with van der Waals surface area (Å²) in [4.78, 5) is 11.5. The van der Waals surface area contributed by atoms with Crippen LogP contribution < -0.4 is 0 Å². The molecule has 0 fully saturated rings. The fourth-order valence-electron chi connectivity index (χ4n) is 1.06. The first-order chi connectivity index (χ1) is 6.69. The lowest BCUT2D eigenvalue weighted by Gasteiger charge is -2.03. The summed E-state index contributed by atoms with van der Waals surface area (Å²) in [5.41, 5.74) is 1.84. The number of hydrogen-bond acceptors (Lipinski definition) is 1. The lowest BCUT2D eigenvalue weighted by Crippen LogP contribution is -2.00. The second-order valence-corrected chi connectivity index (χ2v) is 5.02. The van der Waals surface area contributed by atoms with Crippen molar-refractivity contribution in [1.82, 2.24) is 0 Å². The van der Waals surface area contributed by atoms with E-state index in [-0.39, 0.29) is 5.78 Å². The summed E-state index contributed by atoms with van der Waals surface area (Å²) < 4.78 is 1.05. The monoisotopic (exact) mass is 386 g/mol. The molecule has 0 spiro atoms. The number of carbonyl (C=O) groups is 1. The van der Waals surface area contributed by atoms with Crippen LogP contribution in [0.5, 0.6) is 0 Å². The minimum Gasteiger partial charge on any atom is -0.294 e. The molecule has 0 heterocycles. The summed E-state index contributed by atoms with van der Waals surface area (Å²) in [7, 11) is 0. The highest BCUT2D eigenvalue weighted by Gasteiger charge is 2.07. The Hall–Kier alpha value is 0.390. The number of hydrogen-bond donors (Lipinski definition) is 0. The van der Waals surface area contributed by atoms with E-state index in [9.17, 15) is 4.79 Å². The molecule has 0 radical (unpaired) electrons. The SMILES string of the molecule is O=C(CCBr)c1ccc(CCl)c(I)c1. The van der Waals surface area contributed by atoms with E-state index in [0.717, 1.165) is 14.7 Å². The molecule has 1 nitrogen and oxygen atoms in total. The Labute approximate surface area is 110 Å². The van der Waals surface area contributed by atoms with Crippen molar-refractivity contribution in [1.29, 1.82) is 0 Å². The third kappa shape index (κ3) is 3.21. The van der Waals surface area contributed by atoms with E-state index in [4.69, 9.17) is 11.6 Å². The average Bonchev–Trinajstić information content (AvgIpc) is 2.18. The third-order valence-corrected chi connectivity index (χ3v) is 3.53. The summed E-state index contributed by atoms with van der Waals surface area (Å²) in [6.07, 6.45) is 0.538. The second kappa shape index (κ2) is 6.08. The molecule has 0 saturated carbocycles. The van der Waals surface area contributed by atoms with Gasteiger partial charge in [-0.1, -0.05) is 28.1 Å². The smallest absolute Gasteiger partial charge is 0.163 e. The minimum atomic E-state index is 0.168. The Morgan fingerprint density at radius 1 is 1.50 bits per heavy atom. The van der Waals surface area contributed by atoms with Crippen molar-refractivity contribution in [2.45, 2.75) is 12.3 Å². The van der Waals surface area contributed by atoms with Gasteiger partial charge in [0.15, 0.2) is 5.78 Å². The molecule has 4 heteroatoms. The maximum Gasteiger partial charge on any atom is 0.163 e. The van der Waals surface area contributed by atoms with Crippen LogP contribution in [0.3, 0.4) is 0 Å². The van der Waals surface area contributed by atoms with Crippen LogP contribution in [-0.4, -0.2) is 11.1 Å². The molecule has 76 valence electrons. The van der Waals surface area contributed by atoms with Crippen LogP contribution in [0.2, 0.25) is 0 Å². The van der Waals surface area contributed by atoms with E-state index in [1.807, 2.05) is 18.2 Å². The first-order valence-electron chi connectivity index (χ1n) is 4.12. The number of benzene rings is 1. The van der Waals surface area contributed by atoms with Crippen LogP contribution in [0.15, 0.2) is 18.2 Å². The van der Waals surface area contributed by atoms with Crippen LogP contribution in [0, 0.1) is 3.57 Å². The molecule has 0 saturated heterocycles. The summed E-state index contributed by atoms with van der Waals surface area (Å²) in [6.45, 7) is 0. The molecular formula is C10H9BrClIO. The van der Waals surface area contributed by atoms with Crippen molar-refractivity contribution < 1.29 is 4.79 Å². The maximum absolute atomic E-state index is 11.5. The van der Waals surface area contributed by atoms with E-state index < -0.39 is 0 Å². The van der Waals surface area contributed by atoms with Crippen LogP contribution in [0.25, 0.3) is 0 Å². The quantitative estimate of drug-likeness (QED) is 0.434. The van der Waals surface area contributed by atoms with Gasteiger partial charge in [0.05, 0.1) is 0 Å². The first kappa shape index (κ1) is 12.5. The molecular weight excluding hydrogens is 378 g/mol. The number of ketones is 1. The zero-order chi connectivity index (χ0) is 10.6. The number of Topliss-reactive ketones (excluding diaryl/α,β-unsaturated/α-hetero) is 1. The highest BCUT2D eigenvalue weighted by Crippen LogP contribution is 2.17. The number of alkyl halides is 2. The van der Waals surface area contributed by atoms with Gasteiger partial charge in [0, 0.05) is 26.8 Å². The summed E-state index contributed by atoms with van der Waals surface area (Å²) in [6, 6.07) is 5.64. The highest BCUT2D eigenvalue weighted by atomic mass is 127. The molecule has 0 N–H and O–H groups in total. The van der Waals surface area contributed by atoms with Crippen LogP contribution in [0.4, 0.5) is 0 Å². The standard InChI is InChI=1S/C10H9BrClIO/c11-4-3-10(14)7-1-2-8(6-12)9(13)5-7/h1-2,5H,3-4,6H2. The summed E-state index contributed by atoms with van der Waals surface area (Å²) >= 11 is 11.2. The van der Waals surface area contributed by atoms with Gasteiger partial charge in [-0.05, 0) is 34.2 Å².